The van der Waals surface area contributed by atoms with Crippen molar-refractivity contribution in [3.8, 4) is 22.8 Å². The molecule has 2 amide bonds. The molecule has 1 fully saturated rings. The Morgan fingerprint density at radius 3 is 2.47 bits per heavy atom. The Hall–Kier alpha value is -4.28. The van der Waals surface area contributed by atoms with Gasteiger partial charge in [0.1, 0.15) is 12.3 Å². The normalized spacial score (nSPS) is 13.4. The quantitative estimate of drug-likeness (QED) is 0.243. The summed E-state index contributed by atoms with van der Waals surface area (Å²) in [5.74, 6) is 1.99. The second-order valence-electron chi connectivity index (χ2n) is 9.93. The maximum atomic E-state index is 13.5. The molecule has 0 atom stereocenters. The van der Waals surface area contributed by atoms with Gasteiger partial charge in [-0.05, 0) is 67.1 Å². The van der Waals surface area contributed by atoms with Crippen LogP contribution in [0.5, 0.6) is 11.5 Å². The summed E-state index contributed by atoms with van der Waals surface area (Å²) in [7, 11) is 3.18. The van der Waals surface area contributed by atoms with Crippen LogP contribution in [0.2, 0.25) is 10.0 Å². The van der Waals surface area contributed by atoms with E-state index in [2.05, 4.69) is 15.1 Å². The van der Waals surface area contributed by atoms with E-state index < -0.39 is 0 Å². The molecule has 2 aromatic heterocycles. The highest BCUT2D eigenvalue weighted by Gasteiger charge is 2.26. The number of carbonyl (C=O) groups is 2. The van der Waals surface area contributed by atoms with Gasteiger partial charge in [-0.25, -0.2) is 0 Å². The predicted molar refractivity (Wildman–Crippen MR) is 164 cm³/mol. The summed E-state index contributed by atoms with van der Waals surface area (Å²) in [5, 5.41) is 9.54. The summed E-state index contributed by atoms with van der Waals surface area (Å²) >= 11 is 12.3. The van der Waals surface area contributed by atoms with Gasteiger partial charge in [0.25, 0.3) is 5.91 Å². The Morgan fingerprint density at radius 2 is 1.77 bits per heavy atom. The molecule has 0 unspecified atom stereocenters. The fourth-order valence-corrected chi connectivity index (χ4v) is 5.42. The first-order valence-corrected chi connectivity index (χ1v) is 14.5. The molecule has 0 bridgehead atoms. The molecule has 2 aromatic carbocycles. The summed E-state index contributed by atoms with van der Waals surface area (Å²) in [6.45, 7) is 2.31. The first kappa shape index (κ1) is 30.2. The lowest BCUT2D eigenvalue weighted by molar-refractivity contribution is -0.131. The minimum atomic E-state index is -0.382. The standard InChI is InChI=1S/C31H31Cl2N5O5/c1-41-27-10-6-21(17-28(27)42-2)26-9-11-29(35-34-26)36-12-4-13-37(15-14-36)30(39)20-38(19-23-5-3-16-43-23)31(40)24-8-7-22(32)18-25(24)33/h3,5-11,16-18H,4,12-15,19-20H2,1-2H3. The number of rotatable bonds is 9. The van der Waals surface area contributed by atoms with Gasteiger partial charge < -0.3 is 28.6 Å². The maximum absolute atomic E-state index is 13.5. The van der Waals surface area contributed by atoms with Gasteiger partial charge in [-0.1, -0.05) is 23.2 Å². The highest BCUT2D eigenvalue weighted by molar-refractivity contribution is 6.36. The van der Waals surface area contributed by atoms with Crippen molar-refractivity contribution in [1.82, 2.24) is 20.0 Å². The van der Waals surface area contributed by atoms with Crippen molar-refractivity contribution in [3.63, 3.8) is 0 Å². The fraction of sp³-hybridized carbons (Fsp3) is 0.290. The molecule has 0 saturated carbocycles. The Bertz CT molecular complexity index is 1570. The van der Waals surface area contributed by atoms with E-state index in [0.29, 0.717) is 54.2 Å². The lowest BCUT2D eigenvalue weighted by Crippen LogP contribution is -2.44. The summed E-state index contributed by atoms with van der Waals surface area (Å²) in [6, 6.07) is 17.6. The Labute approximate surface area is 259 Å². The van der Waals surface area contributed by atoms with Crippen LogP contribution < -0.4 is 14.4 Å². The van der Waals surface area contributed by atoms with Crippen LogP contribution in [-0.2, 0) is 11.3 Å². The lowest BCUT2D eigenvalue weighted by Gasteiger charge is -2.27. The summed E-state index contributed by atoms with van der Waals surface area (Å²) in [5.41, 5.74) is 1.83. The van der Waals surface area contributed by atoms with Crippen LogP contribution in [0.1, 0.15) is 22.5 Å². The van der Waals surface area contributed by atoms with Crippen molar-refractivity contribution < 1.29 is 23.5 Å². The zero-order chi connectivity index (χ0) is 30.3. The molecule has 4 aromatic rings. The number of hydrogen-bond donors (Lipinski definition) is 0. The number of methoxy groups -OCH3 is 2. The van der Waals surface area contributed by atoms with Crippen molar-refractivity contribution in [3.05, 3.63) is 88.3 Å². The summed E-state index contributed by atoms with van der Waals surface area (Å²) in [6.07, 6.45) is 2.27. The van der Waals surface area contributed by atoms with E-state index in [1.165, 1.54) is 17.2 Å². The number of nitrogens with zero attached hydrogens (tertiary/aromatic N) is 5. The molecule has 10 nitrogen and oxygen atoms in total. The van der Waals surface area contributed by atoms with Gasteiger partial charge >= 0.3 is 0 Å². The predicted octanol–water partition coefficient (Wildman–Crippen LogP) is 5.44. The molecule has 3 heterocycles. The van der Waals surface area contributed by atoms with Gasteiger partial charge in [-0.15, -0.1) is 10.2 Å². The molecule has 224 valence electrons. The van der Waals surface area contributed by atoms with E-state index in [0.717, 1.165) is 17.8 Å². The van der Waals surface area contributed by atoms with E-state index in [4.69, 9.17) is 37.1 Å². The van der Waals surface area contributed by atoms with Crippen molar-refractivity contribution in [2.75, 3.05) is 51.8 Å². The third-order valence-corrected chi connectivity index (χ3v) is 7.75. The van der Waals surface area contributed by atoms with Gasteiger partial charge in [0.05, 0.1) is 43.3 Å². The van der Waals surface area contributed by atoms with Crippen LogP contribution >= 0.6 is 23.2 Å². The van der Waals surface area contributed by atoms with E-state index in [-0.39, 0.29) is 35.5 Å². The van der Waals surface area contributed by atoms with Crippen LogP contribution in [-0.4, -0.2) is 78.8 Å². The number of anilines is 1. The van der Waals surface area contributed by atoms with E-state index >= 15 is 0 Å². The van der Waals surface area contributed by atoms with Gasteiger partial charge in [0.15, 0.2) is 17.3 Å². The molecule has 0 spiro atoms. The van der Waals surface area contributed by atoms with Crippen molar-refractivity contribution in [2.24, 2.45) is 0 Å². The maximum Gasteiger partial charge on any atom is 0.256 e. The number of furan rings is 1. The highest BCUT2D eigenvalue weighted by atomic mass is 35.5. The van der Waals surface area contributed by atoms with E-state index in [1.54, 1.807) is 43.4 Å². The van der Waals surface area contributed by atoms with Crippen LogP contribution in [0.15, 0.2) is 71.3 Å². The van der Waals surface area contributed by atoms with Gasteiger partial charge in [-0.3, -0.25) is 9.59 Å². The molecule has 1 saturated heterocycles. The first-order valence-electron chi connectivity index (χ1n) is 13.7. The molecule has 0 aliphatic carbocycles. The average molecular weight is 625 g/mol. The monoisotopic (exact) mass is 623 g/mol. The number of aromatic nitrogens is 2. The summed E-state index contributed by atoms with van der Waals surface area (Å²) < 4.78 is 16.2. The molecule has 0 radical (unpaired) electrons. The number of halogens is 2. The first-order chi connectivity index (χ1) is 20.9. The van der Waals surface area contributed by atoms with Crippen molar-refractivity contribution >= 4 is 40.8 Å². The van der Waals surface area contributed by atoms with Crippen LogP contribution in [0.3, 0.4) is 0 Å². The minimum absolute atomic E-state index is 0.124. The van der Waals surface area contributed by atoms with Crippen molar-refractivity contribution in [1.29, 1.82) is 0 Å². The van der Waals surface area contributed by atoms with Crippen LogP contribution in [0, 0.1) is 0 Å². The molecular weight excluding hydrogens is 593 g/mol. The van der Waals surface area contributed by atoms with Crippen LogP contribution in [0.25, 0.3) is 11.3 Å². The van der Waals surface area contributed by atoms with E-state index in [1.807, 2.05) is 30.3 Å². The second-order valence-corrected chi connectivity index (χ2v) is 10.8. The molecule has 1 aliphatic heterocycles. The van der Waals surface area contributed by atoms with E-state index in [9.17, 15) is 9.59 Å². The average Bonchev–Trinajstić information content (AvgIpc) is 3.41. The minimum Gasteiger partial charge on any atom is -0.493 e. The second kappa shape index (κ2) is 13.8. The Kier molecular flexibility index (Phi) is 9.68. The fourth-order valence-electron chi connectivity index (χ4n) is 4.93. The van der Waals surface area contributed by atoms with Crippen molar-refractivity contribution in [2.45, 2.75) is 13.0 Å². The van der Waals surface area contributed by atoms with Gasteiger partial charge in [0.2, 0.25) is 5.91 Å². The zero-order valence-electron chi connectivity index (χ0n) is 23.8. The van der Waals surface area contributed by atoms with Crippen LogP contribution in [0.4, 0.5) is 5.82 Å². The highest BCUT2D eigenvalue weighted by Crippen LogP contribution is 2.32. The summed E-state index contributed by atoms with van der Waals surface area (Å²) in [4.78, 5) is 32.3. The smallest absolute Gasteiger partial charge is 0.256 e. The molecule has 0 N–H and O–H groups in total. The number of hydrogen-bond acceptors (Lipinski definition) is 8. The third kappa shape index (κ3) is 7.21. The van der Waals surface area contributed by atoms with Gasteiger partial charge in [-0.2, -0.15) is 0 Å². The van der Waals surface area contributed by atoms with Gasteiger partial charge in [0, 0.05) is 36.8 Å². The molecular formula is C31H31Cl2N5O5. The molecule has 12 heteroatoms. The zero-order valence-corrected chi connectivity index (χ0v) is 25.3. The molecule has 43 heavy (non-hydrogen) atoms. The Morgan fingerprint density at radius 1 is 0.930 bits per heavy atom. The lowest BCUT2D eigenvalue weighted by atomic mass is 10.1. The third-order valence-electron chi connectivity index (χ3n) is 7.20. The number of benzene rings is 2. The number of carbonyl (C=O) groups excluding carboxylic acids is 2. The topological polar surface area (TPSA) is 101 Å². The Balaban J connectivity index is 1.25. The number of amides is 2. The SMILES string of the molecule is COc1ccc(-c2ccc(N3CCCN(C(=O)CN(Cc4ccco4)C(=O)c4ccc(Cl)cc4Cl)CC3)nn2)cc1OC. The number of ether oxygens (including phenoxy) is 2. The largest absolute Gasteiger partial charge is 0.493 e. The molecule has 1 aliphatic rings. The molecule has 5 rings (SSSR count).